The molecule has 1 aromatic carbocycles. The van der Waals surface area contributed by atoms with E-state index in [-0.39, 0.29) is 5.25 Å². The van der Waals surface area contributed by atoms with Crippen LogP contribution in [0.3, 0.4) is 0 Å². The molecule has 0 fully saturated rings. The second kappa shape index (κ2) is 5.10. The number of benzene rings is 1. The minimum absolute atomic E-state index is 0.172. The molecule has 2 atom stereocenters. The van der Waals surface area contributed by atoms with Gasteiger partial charge >= 0.3 is 0 Å². The van der Waals surface area contributed by atoms with Gasteiger partial charge in [-0.25, -0.2) is 4.98 Å². The molecule has 5 heteroatoms. The van der Waals surface area contributed by atoms with Crippen molar-refractivity contribution in [3.05, 3.63) is 23.8 Å². The monoisotopic (exact) mass is 265 g/mol. The lowest BCUT2D eigenvalue weighted by Gasteiger charge is -2.11. The first-order chi connectivity index (χ1) is 8.50. The van der Waals surface area contributed by atoms with Crippen LogP contribution < -0.4 is 5.73 Å². The Morgan fingerprint density at radius 3 is 2.89 bits per heavy atom. The quantitative estimate of drug-likeness (QED) is 0.920. The standard InChI is InChI=1S/C13H19N3OS/c1-9-5-4-6-11-12(9)16(13(14)15-11)8-7-10(2)18(3)17/h4-6,10H,7-8H2,1-3H3,(H2,14,15). The topological polar surface area (TPSA) is 60.9 Å². The van der Waals surface area contributed by atoms with Crippen molar-refractivity contribution < 1.29 is 4.21 Å². The highest BCUT2D eigenvalue weighted by Gasteiger charge is 2.12. The number of imidazole rings is 1. The van der Waals surface area contributed by atoms with Crippen LogP contribution in [0.5, 0.6) is 0 Å². The van der Waals surface area contributed by atoms with Crippen LogP contribution in [0.1, 0.15) is 18.9 Å². The highest BCUT2D eigenvalue weighted by atomic mass is 32.2. The number of nitrogens with zero attached hydrogens (tertiary/aromatic N) is 2. The van der Waals surface area contributed by atoms with E-state index in [0.717, 1.165) is 24.0 Å². The third-order valence-corrected chi connectivity index (χ3v) is 4.69. The smallest absolute Gasteiger partial charge is 0.201 e. The number of hydrogen-bond acceptors (Lipinski definition) is 3. The SMILES string of the molecule is Cc1cccc2nc(N)n(CCC(C)S(C)=O)c12. The molecule has 1 heterocycles. The van der Waals surface area contributed by atoms with Crippen molar-refractivity contribution in [2.24, 2.45) is 0 Å². The number of aryl methyl sites for hydroxylation is 2. The maximum absolute atomic E-state index is 11.4. The van der Waals surface area contributed by atoms with Crippen LogP contribution in [-0.2, 0) is 17.3 Å². The average molecular weight is 265 g/mol. The molecule has 0 spiro atoms. The lowest BCUT2D eigenvalue weighted by molar-refractivity contribution is 0.632. The molecule has 2 unspecified atom stereocenters. The first-order valence-corrected chi connectivity index (χ1v) is 7.66. The Balaban J connectivity index is 2.33. The van der Waals surface area contributed by atoms with E-state index in [0.29, 0.717) is 5.95 Å². The van der Waals surface area contributed by atoms with Gasteiger partial charge in [0.2, 0.25) is 5.95 Å². The van der Waals surface area contributed by atoms with Crippen molar-refractivity contribution >= 4 is 27.8 Å². The van der Waals surface area contributed by atoms with Gasteiger partial charge in [-0.05, 0) is 25.0 Å². The summed E-state index contributed by atoms with van der Waals surface area (Å²) < 4.78 is 13.4. The van der Waals surface area contributed by atoms with Crippen molar-refractivity contribution in [2.45, 2.75) is 32.1 Å². The van der Waals surface area contributed by atoms with Gasteiger partial charge in [0.05, 0.1) is 11.0 Å². The van der Waals surface area contributed by atoms with E-state index in [2.05, 4.69) is 18.0 Å². The molecule has 0 radical (unpaired) electrons. The predicted octanol–water partition coefficient (Wildman–Crippen LogP) is 2.08. The van der Waals surface area contributed by atoms with Gasteiger partial charge in [0, 0.05) is 28.9 Å². The van der Waals surface area contributed by atoms with Gasteiger partial charge in [0.15, 0.2) is 0 Å². The minimum Gasteiger partial charge on any atom is -0.369 e. The van der Waals surface area contributed by atoms with Gasteiger partial charge < -0.3 is 10.3 Å². The number of fused-ring (bicyclic) bond motifs is 1. The summed E-state index contributed by atoms with van der Waals surface area (Å²) in [6.07, 6.45) is 2.58. The number of hydrogen-bond donors (Lipinski definition) is 1. The highest BCUT2D eigenvalue weighted by Crippen LogP contribution is 2.22. The third kappa shape index (κ3) is 2.41. The van der Waals surface area contributed by atoms with E-state index in [4.69, 9.17) is 5.73 Å². The highest BCUT2D eigenvalue weighted by molar-refractivity contribution is 7.84. The molecule has 2 aromatic rings. The number of para-hydroxylation sites is 1. The molecule has 0 aliphatic carbocycles. The summed E-state index contributed by atoms with van der Waals surface area (Å²) >= 11 is 0. The molecule has 0 bridgehead atoms. The first kappa shape index (κ1) is 13.1. The molecule has 0 amide bonds. The largest absolute Gasteiger partial charge is 0.369 e. The molecule has 98 valence electrons. The van der Waals surface area contributed by atoms with Crippen LogP contribution in [0.15, 0.2) is 18.2 Å². The fourth-order valence-electron chi connectivity index (χ4n) is 2.09. The fourth-order valence-corrected chi connectivity index (χ4v) is 2.52. The zero-order valence-electron chi connectivity index (χ0n) is 11.0. The average Bonchev–Trinajstić information content (AvgIpc) is 2.63. The number of aromatic nitrogens is 2. The number of rotatable bonds is 4. The molecule has 0 saturated heterocycles. The summed E-state index contributed by atoms with van der Waals surface area (Å²) in [5, 5.41) is 0.172. The molecule has 18 heavy (non-hydrogen) atoms. The maximum Gasteiger partial charge on any atom is 0.201 e. The Bertz CT molecular complexity index is 591. The molecule has 1 aromatic heterocycles. The van der Waals surface area contributed by atoms with Gasteiger partial charge in [-0.3, -0.25) is 4.21 Å². The number of anilines is 1. The van der Waals surface area contributed by atoms with Gasteiger partial charge in [-0.1, -0.05) is 19.1 Å². The fraction of sp³-hybridized carbons (Fsp3) is 0.462. The minimum atomic E-state index is -0.792. The molecule has 4 nitrogen and oxygen atoms in total. The van der Waals surface area contributed by atoms with Crippen molar-refractivity contribution in [3.63, 3.8) is 0 Å². The number of nitrogen functional groups attached to an aromatic ring is 1. The Labute approximate surface area is 110 Å². The van der Waals surface area contributed by atoms with E-state index in [1.54, 1.807) is 6.26 Å². The summed E-state index contributed by atoms with van der Waals surface area (Å²) in [5.41, 5.74) is 9.14. The van der Waals surface area contributed by atoms with E-state index >= 15 is 0 Å². The second-order valence-electron chi connectivity index (χ2n) is 4.66. The zero-order valence-corrected chi connectivity index (χ0v) is 11.8. The van der Waals surface area contributed by atoms with E-state index < -0.39 is 10.8 Å². The van der Waals surface area contributed by atoms with Gasteiger partial charge in [0.1, 0.15) is 0 Å². The summed E-state index contributed by atoms with van der Waals surface area (Å²) in [6, 6.07) is 6.01. The van der Waals surface area contributed by atoms with Crippen molar-refractivity contribution in [1.29, 1.82) is 0 Å². The molecule has 0 aliphatic heterocycles. The zero-order chi connectivity index (χ0) is 13.3. The summed E-state index contributed by atoms with van der Waals surface area (Å²) in [7, 11) is -0.792. The summed E-state index contributed by atoms with van der Waals surface area (Å²) in [4.78, 5) is 4.36. The molecule has 0 aliphatic rings. The van der Waals surface area contributed by atoms with Gasteiger partial charge in [-0.2, -0.15) is 0 Å². The lowest BCUT2D eigenvalue weighted by Crippen LogP contribution is -2.14. The second-order valence-corrected chi connectivity index (χ2v) is 6.46. The van der Waals surface area contributed by atoms with E-state index in [9.17, 15) is 4.21 Å². The van der Waals surface area contributed by atoms with E-state index in [1.165, 1.54) is 5.56 Å². The molecular formula is C13H19N3OS. The summed E-state index contributed by atoms with van der Waals surface area (Å²) in [5.74, 6) is 0.536. The van der Waals surface area contributed by atoms with Crippen LogP contribution in [0.4, 0.5) is 5.95 Å². The normalized spacial score (nSPS) is 14.8. The third-order valence-electron chi connectivity index (χ3n) is 3.32. The first-order valence-electron chi connectivity index (χ1n) is 6.04. The van der Waals surface area contributed by atoms with E-state index in [1.807, 2.05) is 23.6 Å². The maximum atomic E-state index is 11.4. The Hall–Kier alpha value is -1.36. The predicted molar refractivity (Wildman–Crippen MR) is 77.0 cm³/mol. The van der Waals surface area contributed by atoms with Crippen molar-refractivity contribution in [3.8, 4) is 0 Å². The summed E-state index contributed by atoms with van der Waals surface area (Å²) in [6.45, 7) is 4.81. The Kier molecular flexibility index (Phi) is 3.71. The van der Waals surface area contributed by atoms with Crippen LogP contribution in [0, 0.1) is 6.92 Å². The number of nitrogens with two attached hydrogens (primary N) is 1. The van der Waals surface area contributed by atoms with Gasteiger partial charge in [-0.15, -0.1) is 0 Å². The lowest BCUT2D eigenvalue weighted by atomic mass is 10.2. The Morgan fingerprint density at radius 1 is 1.50 bits per heavy atom. The van der Waals surface area contributed by atoms with Crippen LogP contribution >= 0.6 is 0 Å². The van der Waals surface area contributed by atoms with Crippen molar-refractivity contribution in [1.82, 2.24) is 9.55 Å². The van der Waals surface area contributed by atoms with Crippen LogP contribution in [0.25, 0.3) is 11.0 Å². The molecular weight excluding hydrogens is 246 g/mol. The molecule has 2 N–H and O–H groups in total. The van der Waals surface area contributed by atoms with Gasteiger partial charge in [0.25, 0.3) is 0 Å². The van der Waals surface area contributed by atoms with Crippen LogP contribution in [0.2, 0.25) is 0 Å². The van der Waals surface area contributed by atoms with Crippen molar-refractivity contribution in [2.75, 3.05) is 12.0 Å². The molecule has 2 rings (SSSR count). The van der Waals surface area contributed by atoms with Crippen LogP contribution in [-0.4, -0.2) is 25.3 Å². The Morgan fingerprint density at radius 2 is 2.22 bits per heavy atom. The molecule has 0 saturated carbocycles.